The van der Waals surface area contributed by atoms with E-state index in [2.05, 4.69) is 4.74 Å². The minimum atomic E-state index is -4.32. The highest BCUT2D eigenvalue weighted by Gasteiger charge is 2.29. The van der Waals surface area contributed by atoms with Crippen molar-refractivity contribution in [3.05, 3.63) is 47.5 Å². The molecule has 0 fully saturated rings. The molecule has 0 spiro atoms. The Bertz CT molecular complexity index is 405. The third-order valence-corrected chi connectivity index (χ3v) is 2.09. The van der Waals surface area contributed by atoms with Gasteiger partial charge >= 0.3 is 12.1 Å². The second-order valence-corrected chi connectivity index (χ2v) is 3.32. The molecule has 0 bridgehead atoms. The largest absolute Gasteiger partial charge is 0.466 e. The fraction of sp³-hybridized carbons (Fsp3) is 0.250. The van der Waals surface area contributed by atoms with Crippen LogP contribution in [0.25, 0.3) is 0 Å². The van der Waals surface area contributed by atoms with Crippen LogP contribution in [0.15, 0.2) is 36.4 Å². The van der Waals surface area contributed by atoms with E-state index in [1.807, 2.05) is 0 Å². The molecular formula is C12H11F3O2. The minimum absolute atomic E-state index is 0.382. The average Bonchev–Trinajstić information content (AvgIpc) is 2.28. The summed E-state index contributed by atoms with van der Waals surface area (Å²) in [5.74, 6) is -0.489. The predicted molar refractivity (Wildman–Crippen MR) is 56.3 cm³/mol. The van der Waals surface area contributed by atoms with Crippen LogP contribution in [0.2, 0.25) is 0 Å². The number of methoxy groups -OCH3 is 1. The van der Waals surface area contributed by atoms with Crippen molar-refractivity contribution in [3.8, 4) is 0 Å². The van der Waals surface area contributed by atoms with Gasteiger partial charge in [0.15, 0.2) is 0 Å². The molecule has 1 rings (SSSR count). The van der Waals surface area contributed by atoms with Crippen LogP contribution in [0, 0.1) is 0 Å². The van der Waals surface area contributed by atoms with Crippen LogP contribution in [0.4, 0.5) is 13.2 Å². The number of benzene rings is 1. The van der Waals surface area contributed by atoms with Crippen molar-refractivity contribution in [2.24, 2.45) is 0 Å². The van der Waals surface area contributed by atoms with Crippen LogP contribution in [0.1, 0.15) is 11.1 Å². The molecule has 0 heterocycles. The average molecular weight is 244 g/mol. The summed E-state index contributed by atoms with van der Waals surface area (Å²) in [5, 5.41) is 0. The molecule has 2 nitrogen and oxygen atoms in total. The molecule has 0 atom stereocenters. The van der Waals surface area contributed by atoms with Crippen LogP contribution in [-0.4, -0.2) is 13.1 Å². The maximum Gasteiger partial charge on any atom is 0.416 e. The smallest absolute Gasteiger partial charge is 0.416 e. The number of ether oxygens (including phenoxy) is 1. The summed E-state index contributed by atoms with van der Waals surface area (Å²) in [4.78, 5) is 10.7. The number of rotatable bonds is 3. The molecule has 0 aliphatic heterocycles. The van der Waals surface area contributed by atoms with Gasteiger partial charge in [0.1, 0.15) is 0 Å². The topological polar surface area (TPSA) is 26.3 Å². The van der Waals surface area contributed by atoms with Gasteiger partial charge < -0.3 is 4.74 Å². The predicted octanol–water partition coefficient (Wildman–Crippen LogP) is 2.98. The number of hydrogen-bond donors (Lipinski definition) is 0. The molecule has 92 valence electrons. The molecular weight excluding hydrogens is 233 g/mol. The number of halogens is 3. The summed E-state index contributed by atoms with van der Waals surface area (Å²) in [6.07, 6.45) is -1.17. The third kappa shape index (κ3) is 4.30. The lowest BCUT2D eigenvalue weighted by Gasteiger charge is -2.06. The summed E-state index contributed by atoms with van der Waals surface area (Å²) in [7, 11) is 1.25. The van der Waals surface area contributed by atoms with E-state index in [0.29, 0.717) is 12.0 Å². The van der Waals surface area contributed by atoms with E-state index in [-0.39, 0.29) is 0 Å². The maximum absolute atomic E-state index is 12.2. The number of alkyl halides is 3. The Labute approximate surface area is 96.7 Å². The lowest BCUT2D eigenvalue weighted by molar-refractivity contribution is -0.137. The normalized spacial score (nSPS) is 11.8. The monoisotopic (exact) mass is 244 g/mol. The highest BCUT2D eigenvalue weighted by Crippen LogP contribution is 2.29. The van der Waals surface area contributed by atoms with Gasteiger partial charge in [-0.3, -0.25) is 0 Å². The number of carbonyl (C=O) groups excluding carboxylic acids is 1. The molecule has 0 aromatic heterocycles. The lowest BCUT2D eigenvalue weighted by atomic mass is 10.1. The van der Waals surface area contributed by atoms with E-state index in [1.165, 1.54) is 31.4 Å². The maximum atomic E-state index is 12.2. The molecule has 0 N–H and O–H groups in total. The number of allylic oxidation sites excluding steroid dienone is 1. The fourth-order valence-corrected chi connectivity index (χ4v) is 1.19. The second kappa shape index (κ2) is 5.52. The highest BCUT2D eigenvalue weighted by atomic mass is 19.4. The van der Waals surface area contributed by atoms with Crippen LogP contribution in [0.3, 0.4) is 0 Å². The Morgan fingerprint density at radius 1 is 1.29 bits per heavy atom. The van der Waals surface area contributed by atoms with Gasteiger partial charge in [0.05, 0.1) is 12.7 Å². The van der Waals surface area contributed by atoms with E-state index >= 15 is 0 Å². The molecule has 17 heavy (non-hydrogen) atoms. The molecule has 1 aromatic carbocycles. The third-order valence-electron chi connectivity index (χ3n) is 2.09. The molecule has 0 aliphatic carbocycles. The number of hydrogen-bond acceptors (Lipinski definition) is 2. The van der Waals surface area contributed by atoms with E-state index < -0.39 is 17.7 Å². The quantitative estimate of drug-likeness (QED) is 0.603. The van der Waals surface area contributed by atoms with Crippen molar-refractivity contribution >= 4 is 5.97 Å². The SMILES string of the molecule is COC(=O)/C=C\Cc1ccc(C(F)(F)F)cc1. The Kier molecular flexibility index (Phi) is 4.31. The molecule has 0 aliphatic rings. The first-order chi connectivity index (χ1) is 7.93. The molecule has 0 saturated heterocycles. The van der Waals surface area contributed by atoms with Crippen LogP contribution in [0.5, 0.6) is 0 Å². The summed E-state index contributed by atoms with van der Waals surface area (Å²) < 4.78 is 41.1. The van der Waals surface area contributed by atoms with Crippen LogP contribution < -0.4 is 0 Å². The minimum Gasteiger partial charge on any atom is -0.466 e. The van der Waals surface area contributed by atoms with E-state index in [9.17, 15) is 18.0 Å². The van der Waals surface area contributed by atoms with Gasteiger partial charge in [-0.2, -0.15) is 13.2 Å². The zero-order valence-corrected chi connectivity index (χ0v) is 9.12. The second-order valence-electron chi connectivity index (χ2n) is 3.32. The Hall–Kier alpha value is -1.78. The van der Waals surface area contributed by atoms with Gasteiger partial charge in [0.2, 0.25) is 0 Å². The Balaban J connectivity index is 2.63. The van der Waals surface area contributed by atoms with Gasteiger partial charge in [-0.05, 0) is 24.1 Å². The summed E-state index contributed by atoms with van der Waals surface area (Å²) in [6.45, 7) is 0. The van der Waals surface area contributed by atoms with Gasteiger partial charge in [-0.15, -0.1) is 0 Å². The molecule has 0 unspecified atom stereocenters. The van der Waals surface area contributed by atoms with Crippen molar-refractivity contribution in [2.45, 2.75) is 12.6 Å². The van der Waals surface area contributed by atoms with E-state index in [1.54, 1.807) is 0 Å². The van der Waals surface area contributed by atoms with Gasteiger partial charge in [-0.1, -0.05) is 18.2 Å². The molecule has 0 amide bonds. The first kappa shape index (κ1) is 13.3. The first-order valence-electron chi connectivity index (χ1n) is 4.84. The number of esters is 1. The standard InChI is InChI=1S/C12H11F3O2/c1-17-11(16)4-2-3-9-5-7-10(8-6-9)12(13,14)15/h2,4-8H,3H2,1H3/b4-2-. The summed E-state index contributed by atoms with van der Waals surface area (Å²) in [5.41, 5.74) is 0.0105. The summed E-state index contributed by atoms with van der Waals surface area (Å²) in [6, 6.07) is 4.79. The lowest BCUT2D eigenvalue weighted by Crippen LogP contribution is -2.04. The van der Waals surface area contributed by atoms with Crippen molar-refractivity contribution in [2.75, 3.05) is 7.11 Å². The first-order valence-corrected chi connectivity index (χ1v) is 4.84. The van der Waals surface area contributed by atoms with E-state index in [4.69, 9.17) is 0 Å². The van der Waals surface area contributed by atoms with E-state index in [0.717, 1.165) is 12.1 Å². The Morgan fingerprint density at radius 2 is 1.88 bits per heavy atom. The highest BCUT2D eigenvalue weighted by molar-refractivity contribution is 5.81. The number of carbonyl (C=O) groups is 1. The van der Waals surface area contributed by atoms with Gasteiger partial charge in [-0.25, -0.2) is 4.79 Å². The molecule has 0 radical (unpaired) electrons. The zero-order chi connectivity index (χ0) is 12.9. The Morgan fingerprint density at radius 3 is 2.35 bits per heavy atom. The van der Waals surface area contributed by atoms with Crippen molar-refractivity contribution < 1.29 is 22.7 Å². The molecule has 0 saturated carbocycles. The van der Waals surface area contributed by atoms with Crippen LogP contribution >= 0.6 is 0 Å². The van der Waals surface area contributed by atoms with Crippen molar-refractivity contribution in [1.29, 1.82) is 0 Å². The van der Waals surface area contributed by atoms with Gasteiger partial charge in [0, 0.05) is 6.08 Å². The zero-order valence-electron chi connectivity index (χ0n) is 9.12. The van der Waals surface area contributed by atoms with Gasteiger partial charge in [0.25, 0.3) is 0 Å². The fourth-order valence-electron chi connectivity index (χ4n) is 1.19. The summed E-state index contributed by atoms with van der Waals surface area (Å²) >= 11 is 0. The van der Waals surface area contributed by atoms with Crippen LogP contribution in [-0.2, 0) is 22.1 Å². The van der Waals surface area contributed by atoms with Crippen molar-refractivity contribution in [3.63, 3.8) is 0 Å². The van der Waals surface area contributed by atoms with Crippen molar-refractivity contribution in [1.82, 2.24) is 0 Å². The molecule has 1 aromatic rings. The molecule has 5 heteroatoms.